The first-order valence-corrected chi connectivity index (χ1v) is 5.67. The van der Waals surface area contributed by atoms with Crippen LogP contribution in [0.1, 0.15) is 18.9 Å². The second-order valence-corrected chi connectivity index (χ2v) is 4.12. The highest BCUT2D eigenvalue weighted by Crippen LogP contribution is 2.13. The second kappa shape index (κ2) is 6.64. The molecule has 17 heavy (non-hydrogen) atoms. The summed E-state index contributed by atoms with van der Waals surface area (Å²) in [6, 6.07) is 5.35. The molecule has 1 rings (SSSR count). The van der Waals surface area contributed by atoms with Gasteiger partial charge in [0, 0.05) is 25.6 Å². The molecule has 1 aromatic carbocycles. The number of rotatable bonds is 6. The average molecular weight is 238 g/mol. The molecule has 1 atom stereocenters. The smallest absolute Gasteiger partial charge is 0.491 e. The summed E-state index contributed by atoms with van der Waals surface area (Å²) < 4.78 is 10.6. The highest BCUT2D eigenvalue weighted by Gasteiger charge is 2.18. The van der Waals surface area contributed by atoms with Gasteiger partial charge >= 0.3 is 7.12 Å². The molecule has 0 aromatic heterocycles. The zero-order valence-electron chi connectivity index (χ0n) is 10.5. The van der Waals surface area contributed by atoms with Gasteiger partial charge in [-0.15, -0.1) is 0 Å². The Hall–Kier alpha value is -1.04. The Balaban J connectivity index is 2.76. The van der Waals surface area contributed by atoms with Crippen LogP contribution in [-0.4, -0.2) is 37.0 Å². The van der Waals surface area contributed by atoms with Crippen molar-refractivity contribution in [1.29, 1.82) is 0 Å². The lowest BCUT2D eigenvalue weighted by molar-refractivity contribution is 0.135. The standard InChI is InChI=1S/C12H19BO4/c1-9-4-5-12(11(8-9)13(14)15)17-10(2)6-7-16-3/h4-5,8,10,14-15H,6-7H2,1-3H3. The summed E-state index contributed by atoms with van der Waals surface area (Å²) in [7, 11) is 0.126. The lowest BCUT2D eigenvalue weighted by atomic mass is 9.79. The van der Waals surface area contributed by atoms with Gasteiger partial charge in [0.15, 0.2) is 0 Å². The van der Waals surface area contributed by atoms with Gasteiger partial charge in [0.1, 0.15) is 5.75 Å². The Morgan fingerprint density at radius 3 is 2.65 bits per heavy atom. The van der Waals surface area contributed by atoms with Crippen molar-refractivity contribution in [3.05, 3.63) is 23.8 Å². The summed E-state index contributed by atoms with van der Waals surface area (Å²) in [6.07, 6.45) is 0.723. The third kappa shape index (κ3) is 4.38. The fraction of sp³-hybridized carbons (Fsp3) is 0.500. The molecular formula is C12H19BO4. The quantitative estimate of drug-likeness (QED) is 0.707. The van der Waals surface area contributed by atoms with Crippen molar-refractivity contribution in [2.45, 2.75) is 26.4 Å². The maximum Gasteiger partial charge on any atom is 0.492 e. The molecule has 5 heteroatoms. The summed E-state index contributed by atoms with van der Waals surface area (Å²) in [5, 5.41) is 18.5. The van der Waals surface area contributed by atoms with Crippen LogP contribution in [0.15, 0.2) is 18.2 Å². The highest BCUT2D eigenvalue weighted by atomic mass is 16.5. The Bertz CT molecular complexity index is 354. The SMILES string of the molecule is COCCC(C)Oc1ccc(C)cc1B(O)O. The topological polar surface area (TPSA) is 58.9 Å². The lowest BCUT2D eigenvalue weighted by Crippen LogP contribution is -2.33. The average Bonchev–Trinajstić information content (AvgIpc) is 2.28. The van der Waals surface area contributed by atoms with E-state index in [1.54, 1.807) is 19.2 Å². The summed E-state index contributed by atoms with van der Waals surface area (Å²) in [6.45, 7) is 4.43. The van der Waals surface area contributed by atoms with Crippen LogP contribution in [0.3, 0.4) is 0 Å². The molecule has 0 amide bonds. The molecule has 0 radical (unpaired) electrons. The monoisotopic (exact) mass is 238 g/mol. The number of aryl methyl sites for hydroxylation is 1. The molecule has 0 heterocycles. The minimum absolute atomic E-state index is 0.0323. The van der Waals surface area contributed by atoms with Gasteiger partial charge in [-0.1, -0.05) is 17.7 Å². The number of methoxy groups -OCH3 is 1. The molecule has 0 saturated heterocycles. The van der Waals surface area contributed by atoms with Crippen LogP contribution in [0.25, 0.3) is 0 Å². The normalized spacial score (nSPS) is 12.3. The van der Waals surface area contributed by atoms with E-state index in [1.807, 2.05) is 19.9 Å². The van der Waals surface area contributed by atoms with E-state index in [2.05, 4.69) is 0 Å². The van der Waals surface area contributed by atoms with Gasteiger partial charge in [-0.2, -0.15) is 0 Å². The first-order valence-electron chi connectivity index (χ1n) is 5.67. The Kier molecular flexibility index (Phi) is 5.48. The molecule has 0 saturated carbocycles. The second-order valence-electron chi connectivity index (χ2n) is 4.12. The third-order valence-electron chi connectivity index (χ3n) is 2.50. The van der Waals surface area contributed by atoms with Crippen molar-refractivity contribution in [3.63, 3.8) is 0 Å². The lowest BCUT2D eigenvalue weighted by Gasteiger charge is -2.17. The Morgan fingerprint density at radius 1 is 1.35 bits per heavy atom. The first kappa shape index (κ1) is 14.0. The van der Waals surface area contributed by atoms with Gasteiger partial charge in [0.05, 0.1) is 6.10 Å². The fourth-order valence-electron chi connectivity index (χ4n) is 1.54. The predicted octanol–water partition coefficient (Wildman–Crippen LogP) is 0.479. The van der Waals surface area contributed by atoms with Crippen molar-refractivity contribution in [2.75, 3.05) is 13.7 Å². The molecule has 94 valence electrons. The van der Waals surface area contributed by atoms with E-state index in [-0.39, 0.29) is 6.10 Å². The maximum atomic E-state index is 9.27. The summed E-state index contributed by atoms with van der Waals surface area (Å²) in [4.78, 5) is 0. The van der Waals surface area contributed by atoms with Crippen LogP contribution in [0.5, 0.6) is 5.75 Å². The van der Waals surface area contributed by atoms with Crippen LogP contribution in [-0.2, 0) is 4.74 Å². The fourth-order valence-corrected chi connectivity index (χ4v) is 1.54. The molecule has 1 aromatic rings. The number of benzene rings is 1. The number of ether oxygens (including phenoxy) is 2. The minimum atomic E-state index is -1.51. The van der Waals surface area contributed by atoms with E-state index in [4.69, 9.17) is 9.47 Å². The van der Waals surface area contributed by atoms with Gasteiger partial charge in [-0.3, -0.25) is 0 Å². The zero-order valence-corrected chi connectivity index (χ0v) is 10.5. The molecule has 4 nitrogen and oxygen atoms in total. The Morgan fingerprint density at radius 2 is 2.06 bits per heavy atom. The van der Waals surface area contributed by atoms with Gasteiger partial charge in [0.25, 0.3) is 0 Å². The first-order chi connectivity index (χ1) is 8.04. The van der Waals surface area contributed by atoms with Crippen LogP contribution in [0, 0.1) is 6.92 Å². The predicted molar refractivity (Wildman–Crippen MR) is 67.6 cm³/mol. The molecule has 1 unspecified atom stereocenters. The maximum absolute atomic E-state index is 9.27. The molecule has 0 aliphatic carbocycles. The van der Waals surface area contributed by atoms with Crippen LogP contribution < -0.4 is 10.2 Å². The molecule has 2 N–H and O–H groups in total. The van der Waals surface area contributed by atoms with E-state index in [0.717, 1.165) is 12.0 Å². The summed E-state index contributed by atoms with van der Waals surface area (Å²) in [5.74, 6) is 0.509. The minimum Gasteiger partial charge on any atom is -0.491 e. The zero-order chi connectivity index (χ0) is 12.8. The van der Waals surface area contributed by atoms with Crippen LogP contribution in [0.4, 0.5) is 0 Å². The van der Waals surface area contributed by atoms with Crippen molar-refractivity contribution < 1.29 is 19.5 Å². The molecule has 0 aliphatic rings. The van der Waals surface area contributed by atoms with Crippen molar-refractivity contribution >= 4 is 12.6 Å². The summed E-state index contributed by atoms with van der Waals surface area (Å²) in [5.41, 5.74) is 1.36. The Labute approximate surface area is 102 Å². The van der Waals surface area contributed by atoms with Gasteiger partial charge in [-0.05, 0) is 19.9 Å². The van der Waals surface area contributed by atoms with E-state index >= 15 is 0 Å². The third-order valence-corrected chi connectivity index (χ3v) is 2.50. The van der Waals surface area contributed by atoms with Crippen molar-refractivity contribution in [2.24, 2.45) is 0 Å². The molecular weight excluding hydrogens is 219 g/mol. The van der Waals surface area contributed by atoms with Crippen LogP contribution in [0.2, 0.25) is 0 Å². The summed E-state index contributed by atoms with van der Waals surface area (Å²) >= 11 is 0. The molecule has 0 aliphatic heterocycles. The van der Waals surface area contributed by atoms with Gasteiger partial charge < -0.3 is 19.5 Å². The van der Waals surface area contributed by atoms with Gasteiger partial charge in [-0.25, -0.2) is 0 Å². The van der Waals surface area contributed by atoms with Crippen molar-refractivity contribution in [1.82, 2.24) is 0 Å². The van der Waals surface area contributed by atoms with E-state index in [0.29, 0.717) is 17.8 Å². The molecule has 0 spiro atoms. The van der Waals surface area contributed by atoms with E-state index in [9.17, 15) is 10.0 Å². The van der Waals surface area contributed by atoms with Crippen LogP contribution >= 0.6 is 0 Å². The van der Waals surface area contributed by atoms with Crippen molar-refractivity contribution in [3.8, 4) is 5.75 Å². The van der Waals surface area contributed by atoms with E-state index < -0.39 is 7.12 Å². The molecule has 0 fully saturated rings. The largest absolute Gasteiger partial charge is 0.492 e. The number of hydrogen-bond acceptors (Lipinski definition) is 4. The van der Waals surface area contributed by atoms with Gasteiger partial charge in [0.2, 0.25) is 0 Å². The van der Waals surface area contributed by atoms with E-state index in [1.165, 1.54) is 0 Å². The highest BCUT2D eigenvalue weighted by molar-refractivity contribution is 6.59. The molecule has 0 bridgehead atoms. The number of hydrogen-bond donors (Lipinski definition) is 2.